The topological polar surface area (TPSA) is 234 Å². The Bertz CT molecular complexity index is 3000. The molecule has 0 spiro atoms. The molecule has 18 nitrogen and oxygen atoms in total. The van der Waals surface area contributed by atoms with Crippen molar-refractivity contribution in [3.63, 3.8) is 0 Å². The fourth-order valence-corrected chi connectivity index (χ4v) is 7.10. The molecule has 6 aromatic rings. The van der Waals surface area contributed by atoms with Gasteiger partial charge in [0.2, 0.25) is 0 Å². The minimum atomic E-state index is -1.41. The van der Waals surface area contributed by atoms with Gasteiger partial charge in [0.05, 0.1) is 95.5 Å². The number of Topliss-reactive ketones (excluding diaryl/α,β-unsaturated/α-hetero) is 1. The molecule has 1 atom stereocenters. The summed E-state index contributed by atoms with van der Waals surface area (Å²) in [5, 5.41) is 29.1. The van der Waals surface area contributed by atoms with Crippen LogP contribution in [0.15, 0.2) is 103 Å². The Morgan fingerprint density at radius 2 is 0.949 bits per heavy atom. The van der Waals surface area contributed by atoms with E-state index in [-0.39, 0.29) is 59.0 Å². The number of aliphatic hydroxyl groups is 1. The number of carboxylic acids is 1. The second-order valence-corrected chi connectivity index (χ2v) is 18.3. The van der Waals surface area contributed by atoms with E-state index in [1.54, 1.807) is 61.5 Å². The number of pyridine rings is 1. The number of esters is 2. The maximum atomic E-state index is 13.6. The van der Waals surface area contributed by atoms with Gasteiger partial charge in [0.25, 0.3) is 0 Å². The van der Waals surface area contributed by atoms with Crippen LogP contribution in [0.3, 0.4) is 0 Å². The Balaban J connectivity index is 0.000000309. The molecule has 0 amide bonds. The summed E-state index contributed by atoms with van der Waals surface area (Å²) in [5.74, 6) is 1.31. The van der Waals surface area contributed by atoms with E-state index >= 15 is 0 Å². The van der Waals surface area contributed by atoms with E-state index in [1.807, 2.05) is 41.5 Å². The Morgan fingerprint density at radius 1 is 0.544 bits per heavy atom. The summed E-state index contributed by atoms with van der Waals surface area (Å²) in [6.07, 6.45) is 0.244. The average molecular weight is 1120 g/mol. The van der Waals surface area contributed by atoms with Crippen LogP contribution >= 0.6 is 11.6 Å². The van der Waals surface area contributed by atoms with Crippen molar-refractivity contribution in [2.75, 3.05) is 49.8 Å². The van der Waals surface area contributed by atoms with Gasteiger partial charge in [-0.15, -0.1) is 0 Å². The molecule has 0 bridgehead atoms. The highest BCUT2D eigenvalue weighted by Crippen LogP contribution is 2.36. The molecule has 5 aromatic carbocycles. The molecular weight excluding hydrogens is 1050 g/mol. The molecule has 0 saturated carbocycles. The number of hydrogen-bond acceptors (Lipinski definition) is 17. The number of phenols is 1. The lowest BCUT2D eigenvalue weighted by Crippen LogP contribution is -2.24. The third-order valence-electron chi connectivity index (χ3n) is 10.8. The molecule has 0 fully saturated rings. The highest BCUT2D eigenvalue weighted by molar-refractivity contribution is 6.31. The van der Waals surface area contributed by atoms with Crippen molar-refractivity contribution in [2.24, 2.45) is 0 Å². The number of phenolic OH excluding ortho intramolecular Hbond substituents is 1. The van der Waals surface area contributed by atoms with Crippen LogP contribution in [0.4, 0.5) is 4.39 Å². The highest BCUT2D eigenvalue weighted by atomic mass is 35.5. The number of rotatable bonds is 20. The first-order chi connectivity index (χ1) is 37.4. The lowest BCUT2D eigenvalue weighted by molar-refractivity contribution is 0.0397. The monoisotopic (exact) mass is 1120 g/mol. The number of carbonyl (C=O) groups excluding carboxylic acids is 3. The number of carbonyl (C=O) groups is 4. The van der Waals surface area contributed by atoms with Crippen LogP contribution in [0.25, 0.3) is 11.3 Å². The van der Waals surface area contributed by atoms with E-state index < -0.39 is 29.3 Å². The molecule has 0 radical (unpaired) electrons. The van der Waals surface area contributed by atoms with Crippen LogP contribution in [0.5, 0.6) is 51.7 Å². The summed E-state index contributed by atoms with van der Waals surface area (Å²) >= 11 is 5.94. The Hall–Kier alpha value is -8.29. The summed E-state index contributed by atoms with van der Waals surface area (Å²) in [6, 6.07) is 26.3. The van der Waals surface area contributed by atoms with Gasteiger partial charge in [0.1, 0.15) is 22.9 Å². The molecule has 1 unspecified atom stereocenters. The highest BCUT2D eigenvalue weighted by Gasteiger charge is 2.28. The van der Waals surface area contributed by atoms with Crippen molar-refractivity contribution in [1.29, 1.82) is 0 Å². The van der Waals surface area contributed by atoms with Crippen LogP contribution in [0.2, 0.25) is 5.02 Å². The molecule has 6 rings (SSSR count). The van der Waals surface area contributed by atoms with Crippen LogP contribution in [-0.4, -0.2) is 112 Å². The van der Waals surface area contributed by atoms with Crippen LogP contribution in [0, 0.1) is 5.82 Å². The van der Waals surface area contributed by atoms with E-state index in [2.05, 4.69) is 14.5 Å². The van der Waals surface area contributed by atoms with Crippen molar-refractivity contribution in [3.05, 3.63) is 142 Å². The van der Waals surface area contributed by atoms with Crippen molar-refractivity contribution in [1.82, 2.24) is 4.98 Å². The van der Waals surface area contributed by atoms with Crippen molar-refractivity contribution >= 4 is 35.3 Å². The molecule has 79 heavy (non-hydrogen) atoms. The number of methoxy groups -OCH3 is 7. The average Bonchev–Trinajstić information content (AvgIpc) is 3.45. The molecule has 426 valence electrons. The number of carboxylic acid groups (broad SMARTS) is 1. The van der Waals surface area contributed by atoms with Crippen molar-refractivity contribution in [2.45, 2.75) is 85.2 Å². The molecule has 0 aliphatic carbocycles. The molecule has 0 saturated heterocycles. The number of halogens is 2. The number of nitrogens with zero attached hydrogens (tertiary/aromatic N) is 1. The zero-order chi connectivity index (χ0) is 59.1. The number of hydrogen-bond donors (Lipinski definition) is 3. The summed E-state index contributed by atoms with van der Waals surface area (Å²) in [5.41, 5.74) is 1.31. The van der Waals surface area contributed by atoms with Gasteiger partial charge in [-0.3, -0.25) is 4.79 Å². The zero-order valence-electron chi connectivity index (χ0n) is 46.7. The first kappa shape index (κ1) is 65.0. The first-order valence-corrected chi connectivity index (χ1v) is 24.8. The number of aromatic hydroxyl groups is 1. The number of aromatic carboxylic acids is 1. The van der Waals surface area contributed by atoms with Crippen LogP contribution in [-0.2, 0) is 15.1 Å². The molecule has 1 aromatic heterocycles. The van der Waals surface area contributed by atoms with Crippen molar-refractivity contribution < 1.29 is 86.3 Å². The fourth-order valence-electron chi connectivity index (χ4n) is 6.92. The van der Waals surface area contributed by atoms with Gasteiger partial charge in [-0.25, -0.2) is 23.8 Å². The predicted molar refractivity (Wildman–Crippen MR) is 295 cm³/mol. The third-order valence-corrected chi connectivity index (χ3v) is 11.1. The summed E-state index contributed by atoms with van der Waals surface area (Å²) < 4.78 is 65.2. The zero-order valence-corrected chi connectivity index (χ0v) is 47.5. The lowest BCUT2D eigenvalue weighted by Gasteiger charge is -2.24. The molecule has 3 N–H and O–H groups in total. The first-order valence-electron chi connectivity index (χ1n) is 24.4. The standard InChI is InChI=1S/C27H29ClFNO5.C12H16O4.C11H14O4.C9H10O4/c1-16(2)35-22-9-7-17(15-24(22)34-5)21(31)12-13-27(3,32)25-11-10-23(33-4)26(30-25)18-6-8-20(29)19(28)14-18;1-8(2)16-10-6-5-9(12(13)15-4)7-11(10)14-3;1-7(2)15-9-5-4-8(11(12)13)6-10(9)14-3;1-12-8-5-6(9(11)13-2)3-4-7(8)10/h6-11,14-16,32H,12-13H2,1-5H3;5-8H,1-4H3;4-7H,1-3H3,(H,12,13);3-5,10H,1-2H3. The number of ether oxygens (including phenoxy) is 10. The van der Waals surface area contributed by atoms with E-state index in [0.29, 0.717) is 73.9 Å². The summed E-state index contributed by atoms with van der Waals surface area (Å²) in [6.45, 7) is 13.0. The molecule has 20 heteroatoms. The number of benzene rings is 5. The summed E-state index contributed by atoms with van der Waals surface area (Å²) in [4.78, 5) is 50.5. The minimum absolute atomic E-state index is 0.00449. The molecular formula is C59H69ClFNO17. The quantitative estimate of drug-likeness (QED) is 0.0476. The second-order valence-electron chi connectivity index (χ2n) is 17.8. The minimum Gasteiger partial charge on any atom is -0.504 e. The third kappa shape index (κ3) is 19.6. The van der Waals surface area contributed by atoms with Gasteiger partial charge >= 0.3 is 17.9 Å². The van der Waals surface area contributed by atoms with E-state index in [4.69, 9.17) is 54.6 Å². The molecule has 0 aliphatic rings. The van der Waals surface area contributed by atoms with Gasteiger partial charge < -0.3 is 62.7 Å². The van der Waals surface area contributed by atoms with Gasteiger partial charge in [0, 0.05) is 17.5 Å². The van der Waals surface area contributed by atoms with Gasteiger partial charge in [0.15, 0.2) is 51.8 Å². The Kier molecular flexibility index (Phi) is 25.7. The Morgan fingerprint density at radius 3 is 1.38 bits per heavy atom. The van der Waals surface area contributed by atoms with Crippen LogP contribution < -0.4 is 37.9 Å². The Labute approximate surface area is 464 Å². The number of ketones is 1. The molecule has 1 heterocycles. The van der Waals surface area contributed by atoms with E-state index in [1.165, 1.54) is 98.3 Å². The maximum absolute atomic E-state index is 13.6. The van der Waals surface area contributed by atoms with Gasteiger partial charge in [-0.2, -0.15) is 0 Å². The van der Waals surface area contributed by atoms with E-state index in [9.17, 15) is 33.8 Å². The lowest BCUT2D eigenvalue weighted by atomic mass is 9.92. The normalized spacial score (nSPS) is 11.2. The van der Waals surface area contributed by atoms with Gasteiger partial charge in [-0.05, 0) is 158 Å². The summed E-state index contributed by atoms with van der Waals surface area (Å²) in [7, 11) is 10.1. The fraction of sp³-hybridized carbons (Fsp3) is 0.339. The predicted octanol–water partition coefficient (Wildman–Crippen LogP) is 11.9. The largest absolute Gasteiger partial charge is 0.504 e. The van der Waals surface area contributed by atoms with Crippen molar-refractivity contribution in [3.8, 4) is 63.0 Å². The second kappa shape index (κ2) is 31.2. The smallest absolute Gasteiger partial charge is 0.337 e. The molecule has 0 aliphatic heterocycles. The van der Waals surface area contributed by atoms with E-state index in [0.717, 1.165) is 0 Å². The number of aromatic nitrogens is 1. The SMILES string of the molecule is COC(=O)c1ccc(O)c(OC)c1.COC(=O)c1ccc(OC(C)C)c(OC)c1.COc1cc(C(=O)CCC(C)(O)c2ccc(OC)c(-c3ccc(F)c(Cl)c3)n2)ccc1OC(C)C.COc1cc(C(=O)O)ccc1OC(C)C. The van der Waals surface area contributed by atoms with Gasteiger partial charge in [-0.1, -0.05) is 11.6 Å². The van der Waals surface area contributed by atoms with Crippen LogP contribution in [0.1, 0.15) is 108 Å². The maximum Gasteiger partial charge on any atom is 0.337 e.